The van der Waals surface area contributed by atoms with Crippen molar-refractivity contribution in [2.45, 2.75) is 0 Å². The SMILES string of the molecule is O=C/C=C/C=C(\Oc1ccccc1)n1cccc1. The number of rotatable bonds is 5. The third kappa shape index (κ3) is 3.22. The van der Waals surface area contributed by atoms with Gasteiger partial charge < -0.3 is 4.74 Å². The maximum atomic E-state index is 10.3. The number of nitrogens with zero attached hydrogens (tertiary/aromatic N) is 1. The molecule has 90 valence electrons. The van der Waals surface area contributed by atoms with Crippen molar-refractivity contribution in [3.8, 4) is 5.75 Å². The van der Waals surface area contributed by atoms with Gasteiger partial charge in [0.2, 0.25) is 5.88 Å². The van der Waals surface area contributed by atoms with E-state index in [0.717, 1.165) is 12.0 Å². The van der Waals surface area contributed by atoms with E-state index < -0.39 is 0 Å². The third-order valence-electron chi connectivity index (χ3n) is 2.25. The van der Waals surface area contributed by atoms with Gasteiger partial charge in [-0.25, -0.2) is 0 Å². The number of para-hydroxylation sites is 1. The van der Waals surface area contributed by atoms with Crippen molar-refractivity contribution in [3.63, 3.8) is 0 Å². The van der Waals surface area contributed by atoms with Gasteiger partial charge in [0.05, 0.1) is 0 Å². The summed E-state index contributed by atoms with van der Waals surface area (Å²) in [6, 6.07) is 13.3. The number of carbonyl (C=O) groups excluding carboxylic acids is 1. The number of aromatic nitrogens is 1. The molecule has 0 spiro atoms. The molecule has 0 aliphatic heterocycles. The summed E-state index contributed by atoms with van der Waals surface area (Å²) in [6.45, 7) is 0. The maximum absolute atomic E-state index is 10.3. The molecular formula is C15H13NO2. The van der Waals surface area contributed by atoms with Crippen molar-refractivity contribution >= 4 is 12.2 Å². The number of benzene rings is 1. The Morgan fingerprint density at radius 1 is 1.00 bits per heavy atom. The Morgan fingerprint density at radius 2 is 1.72 bits per heavy atom. The van der Waals surface area contributed by atoms with Crippen LogP contribution in [0.1, 0.15) is 0 Å². The average molecular weight is 239 g/mol. The van der Waals surface area contributed by atoms with Crippen molar-refractivity contribution < 1.29 is 9.53 Å². The van der Waals surface area contributed by atoms with E-state index in [2.05, 4.69) is 0 Å². The standard InChI is InChI=1S/C15H13NO2/c17-13-7-4-10-15(16-11-5-6-12-16)18-14-8-2-1-3-9-14/h1-13H/b7-4+,15-10-. The second-order valence-electron chi connectivity index (χ2n) is 3.53. The number of carbonyl (C=O) groups is 1. The van der Waals surface area contributed by atoms with E-state index in [-0.39, 0.29) is 0 Å². The van der Waals surface area contributed by atoms with E-state index in [1.54, 1.807) is 12.2 Å². The van der Waals surface area contributed by atoms with Crippen molar-refractivity contribution in [3.05, 3.63) is 73.1 Å². The van der Waals surface area contributed by atoms with Gasteiger partial charge in [-0.2, -0.15) is 0 Å². The van der Waals surface area contributed by atoms with Gasteiger partial charge in [-0.3, -0.25) is 9.36 Å². The first-order valence-electron chi connectivity index (χ1n) is 5.58. The Bertz CT molecular complexity index is 539. The maximum Gasteiger partial charge on any atom is 0.204 e. The average Bonchev–Trinajstić information content (AvgIpc) is 2.93. The summed E-state index contributed by atoms with van der Waals surface area (Å²) >= 11 is 0. The quantitative estimate of drug-likeness (QED) is 0.347. The van der Waals surface area contributed by atoms with Gasteiger partial charge in [0.25, 0.3) is 0 Å². The van der Waals surface area contributed by atoms with E-state index in [4.69, 9.17) is 4.74 Å². The van der Waals surface area contributed by atoms with E-state index in [0.29, 0.717) is 5.88 Å². The molecule has 2 rings (SSSR count). The van der Waals surface area contributed by atoms with Crippen LogP contribution in [0, 0.1) is 0 Å². The van der Waals surface area contributed by atoms with Crippen molar-refractivity contribution in [1.29, 1.82) is 0 Å². The molecule has 3 nitrogen and oxygen atoms in total. The van der Waals surface area contributed by atoms with E-state index in [9.17, 15) is 4.79 Å². The van der Waals surface area contributed by atoms with Crippen LogP contribution in [-0.2, 0) is 4.79 Å². The number of allylic oxidation sites excluding steroid dienone is 3. The second kappa shape index (κ2) is 6.25. The number of aldehydes is 1. The van der Waals surface area contributed by atoms with Gasteiger partial charge in [0.15, 0.2) is 0 Å². The van der Waals surface area contributed by atoms with E-state index >= 15 is 0 Å². The van der Waals surface area contributed by atoms with E-state index in [1.165, 1.54) is 6.08 Å². The normalized spacial score (nSPS) is 11.7. The second-order valence-corrected chi connectivity index (χ2v) is 3.53. The Balaban J connectivity index is 2.23. The fraction of sp³-hybridized carbons (Fsp3) is 0. The lowest BCUT2D eigenvalue weighted by Crippen LogP contribution is -2.01. The van der Waals surface area contributed by atoms with Crippen molar-refractivity contribution in [2.75, 3.05) is 0 Å². The summed E-state index contributed by atoms with van der Waals surface area (Å²) in [5.74, 6) is 1.38. The zero-order valence-electron chi connectivity index (χ0n) is 9.77. The van der Waals surface area contributed by atoms with Gasteiger partial charge in [-0.1, -0.05) is 24.3 Å². The van der Waals surface area contributed by atoms with Crippen LogP contribution >= 0.6 is 0 Å². The topological polar surface area (TPSA) is 31.2 Å². The van der Waals surface area contributed by atoms with Gasteiger partial charge in [-0.15, -0.1) is 0 Å². The molecular weight excluding hydrogens is 226 g/mol. The highest BCUT2D eigenvalue weighted by Crippen LogP contribution is 2.16. The fourth-order valence-electron chi connectivity index (χ4n) is 1.45. The summed E-state index contributed by atoms with van der Waals surface area (Å²) in [6.07, 6.45) is 9.28. The molecule has 18 heavy (non-hydrogen) atoms. The highest BCUT2D eigenvalue weighted by molar-refractivity contribution is 5.66. The summed E-state index contributed by atoms with van der Waals surface area (Å²) in [4.78, 5) is 10.3. The molecule has 0 N–H and O–H groups in total. The van der Waals surface area contributed by atoms with Gasteiger partial charge in [0, 0.05) is 12.4 Å². The molecule has 0 atom stereocenters. The van der Waals surface area contributed by atoms with Gasteiger partial charge in [0.1, 0.15) is 12.0 Å². The Labute approximate surface area is 106 Å². The molecule has 0 unspecified atom stereocenters. The number of hydrogen-bond acceptors (Lipinski definition) is 2. The molecule has 0 saturated heterocycles. The predicted molar refractivity (Wildman–Crippen MR) is 71.0 cm³/mol. The summed E-state index contributed by atoms with van der Waals surface area (Å²) in [7, 11) is 0. The zero-order chi connectivity index (χ0) is 12.6. The Hall–Kier alpha value is -2.55. The molecule has 1 aromatic carbocycles. The minimum Gasteiger partial charge on any atom is -0.441 e. The first-order valence-corrected chi connectivity index (χ1v) is 5.58. The molecule has 0 fully saturated rings. The van der Waals surface area contributed by atoms with Gasteiger partial charge in [-0.05, 0) is 36.4 Å². The molecule has 0 aliphatic rings. The predicted octanol–water partition coefficient (Wildman–Crippen LogP) is 3.12. The van der Waals surface area contributed by atoms with Crippen molar-refractivity contribution in [2.24, 2.45) is 0 Å². The van der Waals surface area contributed by atoms with Crippen LogP contribution in [0.4, 0.5) is 0 Å². The first-order chi connectivity index (χ1) is 8.90. The molecule has 0 radical (unpaired) electrons. The zero-order valence-corrected chi connectivity index (χ0v) is 9.77. The third-order valence-corrected chi connectivity index (χ3v) is 2.25. The Kier molecular flexibility index (Phi) is 4.14. The molecule has 0 bridgehead atoms. The summed E-state index contributed by atoms with van der Waals surface area (Å²) < 4.78 is 7.60. The highest BCUT2D eigenvalue weighted by atomic mass is 16.5. The van der Waals surface area contributed by atoms with Crippen LogP contribution in [0.2, 0.25) is 0 Å². The van der Waals surface area contributed by atoms with E-state index in [1.807, 2.05) is 59.4 Å². The van der Waals surface area contributed by atoms with Crippen molar-refractivity contribution in [1.82, 2.24) is 4.57 Å². The van der Waals surface area contributed by atoms with Crippen LogP contribution < -0.4 is 4.74 Å². The van der Waals surface area contributed by atoms with Crippen LogP contribution in [0.15, 0.2) is 73.1 Å². The highest BCUT2D eigenvalue weighted by Gasteiger charge is 2.00. The minimum absolute atomic E-state index is 0.629. The molecule has 3 heteroatoms. The number of ether oxygens (including phenoxy) is 1. The monoisotopic (exact) mass is 239 g/mol. The van der Waals surface area contributed by atoms with Gasteiger partial charge >= 0.3 is 0 Å². The van der Waals surface area contributed by atoms with Crippen LogP contribution in [0.5, 0.6) is 5.75 Å². The molecule has 1 heterocycles. The lowest BCUT2D eigenvalue weighted by atomic mass is 10.3. The Morgan fingerprint density at radius 3 is 2.39 bits per heavy atom. The molecule has 0 aliphatic carbocycles. The summed E-state index contributed by atoms with van der Waals surface area (Å²) in [5, 5.41) is 0. The molecule has 0 amide bonds. The smallest absolute Gasteiger partial charge is 0.204 e. The lowest BCUT2D eigenvalue weighted by molar-refractivity contribution is -0.104. The van der Waals surface area contributed by atoms with Crippen LogP contribution in [0.25, 0.3) is 5.88 Å². The van der Waals surface area contributed by atoms with Crippen LogP contribution in [-0.4, -0.2) is 10.9 Å². The molecule has 0 saturated carbocycles. The minimum atomic E-state index is 0.629. The molecule has 2 aromatic rings. The number of hydrogen-bond donors (Lipinski definition) is 0. The van der Waals surface area contributed by atoms with Crippen LogP contribution in [0.3, 0.4) is 0 Å². The first kappa shape index (κ1) is 11.9. The lowest BCUT2D eigenvalue weighted by Gasteiger charge is -2.10. The fourth-order valence-corrected chi connectivity index (χ4v) is 1.45. The molecule has 1 aromatic heterocycles. The largest absolute Gasteiger partial charge is 0.441 e. The summed E-state index contributed by atoms with van der Waals surface area (Å²) in [5.41, 5.74) is 0.